The molecule has 2 aromatic rings. The van der Waals surface area contributed by atoms with E-state index in [9.17, 15) is 0 Å². The molecule has 1 aromatic carbocycles. The van der Waals surface area contributed by atoms with Gasteiger partial charge in [0.15, 0.2) is 5.16 Å². The van der Waals surface area contributed by atoms with Crippen LogP contribution in [0.4, 0.5) is 11.6 Å². The molecule has 0 saturated carbocycles. The molecule has 0 spiro atoms. The molecule has 0 atom stereocenters. The van der Waals surface area contributed by atoms with Crippen LogP contribution in [0.2, 0.25) is 0 Å². The maximum absolute atomic E-state index is 9.08. The van der Waals surface area contributed by atoms with Crippen molar-refractivity contribution in [2.45, 2.75) is 17.0 Å². The number of anilines is 2. The van der Waals surface area contributed by atoms with Crippen LogP contribution >= 0.6 is 11.8 Å². The van der Waals surface area contributed by atoms with Gasteiger partial charge in [-0.25, -0.2) is 9.97 Å². The largest absolute Gasteiger partial charge is 0.383 e. The van der Waals surface area contributed by atoms with Crippen molar-refractivity contribution in [3.05, 3.63) is 35.4 Å². The molecule has 0 fully saturated rings. The molecule has 0 amide bonds. The lowest BCUT2D eigenvalue weighted by Crippen LogP contribution is -1.99. The standard InChI is InChI=1S/C12H11N5S/c1-7-2-3-9(8(4-7)6-13)18-12-16-10(14)5-11(15)17-12/h2-5H,1H3,(H4,14,15,16,17). The molecule has 0 radical (unpaired) electrons. The van der Waals surface area contributed by atoms with Gasteiger partial charge in [-0.1, -0.05) is 6.07 Å². The molecule has 18 heavy (non-hydrogen) atoms. The number of nitrogen functional groups attached to an aromatic ring is 2. The Hall–Kier alpha value is -2.26. The summed E-state index contributed by atoms with van der Waals surface area (Å²) in [4.78, 5) is 8.92. The van der Waals surface area contributed by atoms with Crippen LogP contribution in [0.25, 0.3) is 0 Å². The lowest BCUT2D eigenvalue weighted by Gasteiger charge is -2.05. The van der Waals surface area contributed by atoms with Crippen molar-refractivity contribution < 1.29 is 0 Å². The van der Waals surface area contributed by atoms with Gasteiger partial charge in [0.2, 0.25) is 0 Å². The summed E-state index contributed by atoms with van der Waals surface area (Å²) in [5, 5.41) is 9.51. The molecular formula is C12H11N5S. The van der Waals surface area contributed by atoms with Gasteiger partial charge in [0, 0.05) is 11.0 Å². The Morgan fingerprint density at radius 2 is 1.83 bits per heavy atom. The van der Waals surface area contributed by atoms with Gasteiger partial charge in [0.1, 0.15) is 17.7 Å². The zero-order chi connectivity index (χ0) is 13.1. The van der Waals surface area contributed by atoms with E-state index in [1.54, 1.807) is 0 Å². The van der Waals surface area contributed by atoms with E-state index in [2.05, 4.69) is 16.0 Å². The summed E-state index contributed by atoms with van der Waals surface area (Å²) in [6, 6.07) is 9.25. The Labute approximate surface area is 109 Å². The maximum atomic E-state index is 9.08. The van der Waals surface area contributed by atoms with Gasteiger partial charge in [0.25, 0.3) is 0 Å². The fraction of sp³-hybridized carbons (Fsp3) is 0.0833. The first-order valence-electron chi connectivity index (χ1n) is 5.17. The molecule has 0 saturated heterocycles. The Kier molecular flexibility index (Phi) is 3.35. The van der Waals surface area contributed by atoms with E-state index in [1.807, 2.05) is 25.1 Å². The summed E-state index contributed by atoms with van der Waals surface area (Å²) in [6.07, 6.45) is 0. The molecule has 0 aliphatic carbocycles. The van der Waals surface area contributed by atoms with Crippen molar-refractivity contribution in [2.24, 2.45) is 0 Å². The first-order chi connectivity index (χ1) is 8.58. The number of nitriles is 1. The first-order valence-corrected chi connectivity index (χ1v) is 5.99. The van der Waals surface area contributed by atoms with Crippen LogP contribution in [0.3, 0.4) is 0 Å². The number of nitrogens with zero attached hydrogens (tertiary/aromatic N) is 3. The number of rotatable bonds is 2. The number of hydrogen-bond acceptors (Lipinski definition) is 6. The van der Waals surface area contributed by atoms with Gasteiger partial charge < -0.3 is 11.5 Å². The topological polar surface area (TPSA) is 102 Å². The fourth-order valence-corrected chi connectivity index (χ4v) is 2.28. The molecule has 5 nitrogen and oxygen atoms in total. The van der Waals surface area contributed by atoms with Gasteiger partial charge in [-0.3, -0.25) is 0 Å². The van der Waals surface area contributed by atoms with Crippen LogP contribution in [0, 0.1) is 18.3 Å². The third-order valence-electron chi connectivity index (χ3n) is 2.20. The first kappa shape index (κ1) is 12.2. The molecule has 1 heterocycles. The number of aromatic nitrogens is 2. The molecular weight excluding hydrogens is 246 g/mol. The van der Waals surface area contributed by atoms with Crippen molar-refractivity contribution >= 4 is 23.4 Å². The normalized spacial score (nSPS) is 10.0. The van der Waals surface area contributed by atoms with Crippen LogP contribution in [0.1, 0.15) is 11.1 Å². The summed E-state index contributed by atoms with van der Waals surface area (Å²) in [5.41, 5.74) is 12.8. The summed E-state index contributed by atoms with van der Waals surface area (Å²) < 4.78 is 0. The van der Waals surface area contributed by atoms with E-state index < -0.39 is 0 Å². The van der Waals surface area contributed by atoms with Crippen LogP contribution in [0.5, 0.6) is 0 Å². The van der Waals surface area contributed by atoms with E-state index in [-0.39, 0.29) is 0 Å². The molecule has 4 N–H and O–H groups in total. The minimum atomic E-state index is 0.315. The second-order valence-electron chi connectivity index (χ2n) is 3.71. The molecule has 0 aliphatic heterocycles. The molecule has 0 aliphatic rings. The summed E-state index contributed by atoms with van der Waals surface area (Å²) in [7, 11) is 0. The summed E-state index contributed by atoms with van der Waals surface area (Å²) in [5.74, 6) is 0.631. The third kappa shape index (κ3) is 2.70. The highest BCUT2D eigenvalue weighted by atomic mass is 32.2. The van der Waals surface area contributed by atoms with Gasteiger partial charge >= 0.3 is 0 Å². The van der Waals surface area contributed by atoms with Crippen LogP contribution in [0.15, 0.2) is 34.3 Å². The Bertz CT molecular complexity index is 613. The predicted octanol–water partition coefficient (Wildman–Crippen LogP) is 1.97. The minimum Gasteiger partial charge on any atom is -0.383 e. The molecule has 6 heteroatoms. The second-order valence-corrected chi connectivity index (χ2v) is 4.72. The monoisotopic (exact) mass is 257 g/mol. The van der Waals surface area contributed by atoms with E-state index in [0.717, 1.165) is 10.5 Å². The van der Waals surface area contributed by atoms with Crippen molar-refractivity contribution in [2.75, 3.05) is 11.5 Å². The SMILES string of the molecule is Cc1ccc(Sc2nc(N)cc(N)n2)c(C#N)c1. The van der Waals surface area contributed by atoms with Crippen LogP contribution in [-0.4, -0.2) is 9.97 Å². The quantitative estimate of drug-likeness (QED) is 0.797. The molecule has 0 unspecified atom stereocenters. The van der Waals surface area contributed by atoms with Gasteiger partial charge in [-0.2, -0.15) is 5.26 Å². The average Bonchev–Trinajstić information content (AvgIpc) is 2.30. The second kappa shape index (κ2) is 4.94. The molecule has 1 aromatic heterocycles. The highest BCUT2D eigenvalue weighted by Gasteiger charge is 2.08. The average molecular weight is 257 g/mol. The van der Waals surface area contributed by atoms with E-state index in [1.165, 1.54) is 17.8 Å². The maximum Gasteiger partial charge on any atom is 0.196 e. The minimum absolute atomic E-state index is 0.315. The Morgan fingerprint density at radius 1 is 1.17 bits per heavy atom. The summed E-state index contributed by atoms with van der Waals surface area (Å²) >= 11 is 1.27. The lowest BCUT2D eigenvalue weighted by atomic mass is 10.2. The summed E-state index contributed by atoms with van der Waals surface area (Å²) in [6.45, 7) is 1.93. The van der Waals surface area contributed by atoms with Crippen LogP contribution in [-0.2, 0) is 0 Å². The zero-order valence-corrected chi connectivity index (χ0v) is 10.5. The van der Waals surface area contributed by atoms with E-state index in [0.29, 0.717) is 22.4 Å². The smallest absolute Gasteiger partial charge is 0.196 e. The van der Waals surface area contributed by atoms with Crippen LogP contribution < -0.4 is 11.5 Å². The molecule has 2 rings (SSSR count). The third-order valence-corrected chi connectivity index (χ3v) is 3.14. The van der Waals surface area contributed by atoms with E-state index >= 15 is 0 Å². The molecule has 0 bridgehead atoms. The number of nitrogens with two attached hydrogens (primary N) is 2. The van der Waals surface area contributed by atoms with Crippen molar-refractivity contribution in [1.82, 2.24) is 9.97 Å². The van der Waals surface area contributed by atoms with Crippen molar-refractivity contribution in [3.63, 3.8) is 0 Å². The number of benzene rings is 1. The lowest BCUT2D eigenvalue weighted by molar-refractivity contribution is 0.984. The highest BCUT2D eigenvalue weighted by molar-refractivity contribution is 7.99. The van der Waals surface area contributed by atoms with Crippen molar-refractivity contribution in [3.8, 4) is 6.07 Å². The molecule has 90 valence electrons. The Balaban J connectivity index is 2.37. The Morgan fingerprint density at radius 3 is 2.44 bits per heavy atom. The number of hydrogen-bond donors (Lipinski definition) is 2. The van der Waals surface area contributed by atoms with Gasteiger partial charge in [0.05, 0.1) is 5.56 Å². The van der Waals surface area contributed by atoms with Gasteiger partial charge in [-0.05, 0) is 36.4 Å². The number of aryl methyl sites for hydroxylation is 1. The fourth-order valence-electron chi connectivity index (χ4n) is 1.43. The zero-order valence-electron chi connectivity index (χ0n) is 9.71. The highest BCUT2D eigenvalue weighted by Crippen LogP contribution is 2.29. The van der Waals surface area contributed by atoms with Crippen molar-refractivity contribution in [1.29, 1.82) is 5.26 Å². The van der Waals surface area contributed by atoms with E-state index in [4.69, 9.17) is 16.7 Å². The van der Waals surface area contributed by atoms with Gasteiger partial charge in [-0.15, -0.1) is 0 Å². The predicted molar refractivity (Wildman–Crippen MR) is 70.9 cm³/mol.